The number of nitrogens with one attached hydrogen (secondary N) is 1. The van der Waals surface area contributed by atoms with Crippen LogP contribution in [0.15, 0.2) is 23.1 Å². The molecule has 15 heavy (non-hydrogen) atoms. The molecule has 0 bridgehead atoms. The van der Waals surface area contributed by atoms with Crippen LogP contribution in [0.2, 0.25) is 0 Å². The largest absolute Gasteiger partial charge is 0.316 e. The van der Waals surface area contributed by atoms with Gasteiger partial charge in [-0.3, -0.25) is 0 Å². The summed E-state index contributed by atoms with van der Waals surface area (Å²) < 4.78 is 25.9. The average Bonchev–Trinajstić information content (AvgIpc) is 2.23. The average molecular weight is 231 g/mol. The van der Waals surface area contributed by atoms with E-state index < -0.39 is 0 Å². The summed E-state index contributed by atoms with van der Waals surface area (Å²) in [6, 6.07) is 3.53. The van der Waals surface area contributed by atoms with Crippen molar-refractivity contribution in [2.45, 2.75) is 18.2 Å². The molecule has 0 aliphatic heterocycles. The van der Waals surface area contributed by atoms with Crippen LogP contribution in [0.4, 0.5) is 8.78 Å². The summed E-state index contributed by atoms with van der Waals surface area (Å²) in [5.41, 5.74) is 0. The molecule has 1 aromatic rings. The van der Waals surface area contributed by atoms with Crippen LogP contribution in [0.1, 0.15) is 13.3 Å². The van der Waals surface area contributed by atoms with Crippen molar-refractivity contribution < 1.29 is 8.78 Å². The van der Waals surface area contributed by atoms with Gasteiger partial charge in [-0.2, -0.15) is 0 Å². The molecule has 0 saturated carbocycles. The Morgan fingerprint density at radius 2 is 2.07 bits per heavy atom. The minimum Gasteiger partial charge on any atom is -0.316 e. The van der Waals surface area contributed by atoms with E-state index in [0.717, 1.165) is 37.4 Å². The standard InChI is InChI=1S/C11H15F2NS/c1-2-5-14-6-7-15-11-8-9(12)3-4-10(11)13/h3-4,8,14H,2,5-7H2,1H3. The minimum atomic E-state index is -0.389. The van der Waals surface area contributed by atoms with E-state index in [-0.39, 0.29) is 11.6 Å². The Kier molecular flexibility index (Phi) is 5.65. The molecule has 0 radical (unpaired) electrons. The number of rotatable bonds is 6. The molecule has 1 aromatic carbocycles. The zero-order valence-corrected chi connectivity index (χ0v) is 9.54. The summed E-state index contributed by atoms with van der Waals surface area (Å²) >= 11 is 1.33. The molecule has 0 spiro atoms. The summed E-state index contributed by atoms with van der Waals surface area (Å²) in [4.78, 5) is 0.383. The molecule has 1 nitrogen and oxygen atoms in total. The summed E-state index contributed by atoms with van der Waals surface area (Å²) in [7, 11) is 0. The van der Waals surface area contributed by atoms with Gasteiger partial charge in [0.05, 0.1) is 0 Å². The van der Waals surface area contributed by atoms with Gasteiger partial charge in [0.1, 0.15) is 11.6 Å². The summed E-state index contributed by atoms with van der Waals surface area (Å²) in [5, 5.41) is 3.20. The molecule has 0 atom stereocenters. The van der Waals surface area contributed by atoms with Gasteiger partial charge in [0.15, 0.2) is 0 Å². The molecule has 0 saturated heterocycles. The Morgan fingerprint density at radius 1 is 1.27 bits per heavy atom. The van der Waals surface area contributed by atoms with Crippen LogP contribution in [0.25, 0.3) is 0 Å². The van der Waals surface area contributed by atoms with Crippen molar-refractivity contribution in [1.82, 2.24) is 5.32 Å². The summed E-state index contributed by atoms with van der Waals surface area (Å²) in [6.45, 7) is 3.87. The molecule has 0 heterocycles. The monoisotopic (exact) mass is 231 g/mol. The Balaban J connectivity index is 2.33. The highest BCUT2D eigenvalue weighted by molar-refractivity contribution is 7.99. The third-order valence-corrected chi connectivity index (χ3v) is 2.89. The van der Waals surface area contributed by atoms with E-state index in [1.54, 1.807) is 0 Å². The quantitative estimate of drug-likeness (QED) is 0.596. The molecule has 0 amide bonds. The highest BCUT2D eigenvalue weighted by Crippen LogP contribution is 2.21. The first-order valence-corrected chi connectivity index (χ1v) is 6.01. The normalized spacial score (nSPS) is 10.6. The highest BCUT2D eigenvalue weighted by atomic mass is 32.2. The number of hydrogen-bond acceptors (Lipinski definition) is 2. The number of benzene rings is 1. The second-order valence-corrected chi connectivity index (χ2v) is 4.31. The van der Waals surface area contributed by atoms with E-state index in [9.17, 15) is 8.78 Å². The first-order chi connectivity index (χ1) is 7.24. The fourth-order valence-electron chi connectivity index (χ4n) is 1.12. The molecular weight excluding hydrogens is 216 g/mol. The van der Waals surface area contributed by atoms with Crippen molar-refractivity contribution in [3.8, 4) is 0 Å². The van der Waals surface area contributed by atoms with Gasteiger partial charge in [0, 0.05) is 17.2 Å². The van der Waals surface area contributed by atoms with E-state index in [2.05, 4.69) is 12.2 Å². The summed E-state index contributed by atoms with van der Waals surface area (Å²) in [5.74, 6) is 0.0118. The topological polar surface area (TPSA) is 12.0 Å². The smallest absolute Gasteiger partial charge is 0.136 e. The predicted molar refractivity (Wildman–Crippen MR) is 60.2 cm³/mol. The fourth-order valence-corrected chi connectivity index (χ4v) is 1.99. The maximum atomic E-state index is 13.1. The SMILES string of the molecule is CCCNCCSc1cc(F)ccc1F. The molecule has 0 unspecified atom stereocenters. The minimum absolute atomic E-state index is 0.350. The zero-order valence-electron chi connectivity index (χ0n) is 8.72. The maximum absolute atomic E-state index is 13.1. The van der Waals surface area contributed by atoms with Gasteiger partial charge in [0.2, 0.25) is 0 Å². The molecule has 4 heteroatoms. The zero-order chi connectivity index (χ0) is 11.1. The molecule has 1 rings (SSSR count). The van der Waals surface area contributed by atoms with Crippen LogP contribution in [-0.2, 0) is 0 Å². The van der Waals surface area contributed by atoms with Gasteiger partial charge in [-0.1, -0.05) is 6.92 Å². The van der Waals surface area contributed by atoms with Crippen molar-refractivity contribution in [1.29, 1.82) is 0 Å². The van der Waals surface area contributed by atoms with Crippen LogP contribution < -0.4 is 5.32 Å². The summed E-state index contributed by atoms with van der Waals surface area (Å²) in [6.07, 6.45) is 1.08. The lowest BCUT2D eigenvalue weighted by atomic mass is 10.3. The van der Waals surface area contributed by atoms with Crippen LogP contribution in [0.3, 0.4) is 0 Å². The molecule has 84 valence electrons. The van der Waals surface area contributed by atoms with Crippen LogP contribution in [-0.4, -0.2) is 18.8 Å². The fraction of sp³-hybridized carbons (Fsp3) is 0.455. The lowest BCUT2D eigenvalue weighted by Crippen LogP contribution is -2.17. The molecule has 0 aliphatic rings. The van der Waals surface area contributed by atoms with Gasteiger partial charge in [-0.05, 0) is 31.2 Å². The van der Waals surface area contributed by atoms with Crippen molar-refractivity contribution in [3.63, 3.8) is 0 Å². The first kappa shape index (κ1) is 12.5. The predicted octanol–water partition coefficient (Wildman–Crippen LogP) is 3.06. The van der Waals surface area contributed by atoms with E-state index >= 15 is 0 Å². The Morgan fingerprint density at radius 3 is 2.80 bits per heavy atom. The maximum Gasteiger partial charge on any atom is 0.136 e. The lowest BCUT2D eigenvalue weighted by molar-refractivity contribution is 0.577. The van der Waals surface area contributed by atoms with Crippen molar-refractivity contribution in [2.24, 2.45) is 0 Å². The molecule has 0 fully saturated rings. The molecule has 0 aliphatic carbocycles. The number of halogens is 2. The van der Waals surface area contributed by atoms with Gasteiger partial charge in [0.25, 0.3) is 0 Å². The van der Waals surface area contributed by atoms with Crippen LogP contribution in [0, 0.1) is 11.6 Å². The molecular formula is C11H15F2NS. The Labute approximate surface area is 93.3 Å². The lowest BCUT2D eigenvalue weighted by Gasteiger charge is -2.04. The highest BCUT2D eigenvalue weighted by Gasteiger charge is 2.03. The van der Waals surface area contributed by atoms with Gasteiger partial charge < -0.3 is 5.32 Å². The van der Waals surface area contributed by atoms with Gasteiger partial charge in [-0.15, -0.1) is 11.8 Å². The second-order valence-electron chi connectivity index (χ2n) is 3.17. The van der Waals surface area contributed by atoms with Crippen LogP contribution >= 0.6 is 11.8 Å². The van der Waals surface area contributed by atoms with Gasteiger partial charge in [-0.25, -0.2) is 8.78 Å². The Bertz CT molecular complexity index is 305. The van der Waals surface area contributed by atoms with Crippen molar-refractivity contribution in [3.05, 3.63) is 29.8 Å². The van der Waals surface area contributed by atoms with E-state index in [1.807, 2.05) is 0 Å². The number of hydrogen-bond donors (Lipinski definition) is 1. The van der Waals surface area contributed by atoms with Gasteiger partial charge >= 0.3 is 0 Å². The molecule has 1 N–H and O–H groups in total. The second kappa shape index (κ2) is 6.80. The Hall–Kier alpha value is -0.610. The van der Waals surface area contributed by atoms with Crippen molar-refractivity contribution >= 4 is 11.8 Å². The number of thioether (sulfide) groups is 1. The van der Waals surface area contributed by atoms with Crippen LogP contribution in [0.5, 0.6) is 0 Å². The molecule has 0 aromatic heterocycles. The van der Waals surface area contributed by atoms with E-state index in [4.69, 9.17) is 0 Å². The van der Waals surface area contributed by atoms with E-state index in [1.165, 1.54) is 17.8 Å². The third kappa shape index (κ3) is 4.62. The van der Waals surface area contributed by atoms with E-state index in [0.29, 0.717) is 4.90 Å². The van der Waals surface area contributed by atoms with Crippen molar-refractivity contribution in [2.75, 3.05) is 18.8 Å². The third-order valence-electron chi connectivity index (χ3n) is 1.86. The first-order valence-electron chi connectivity index (χ1n) is 5.02.